The number of ketones is 1. The van der Waals surface area contributed by atoms with Crippen molar-refractivity contribution in [1.82, 2.24) is 4.90 Å². The first-order chi connectivity index (χ1) is 17.8. The van der Waals surface area contributed by atoms with Crippen molar-refractivity contribution in [2.45, 2.75) is 51.0 Å². The quantitative estimate of drug-likeness (QED) is 0.454. The molecule has 0 N–H and O–H groups in total. The molecule has 3 aromatic carbocycles. The molecule has 1 saturated carbocycles. The molecule has 0 atom stereocenters. The molecular weight excluding hydrogens is 466 g/mol. The second-order valence-corrected chi connectivity index (χ2v) is 11.0. The van der Waals surface area contributed by atoms with Gasteiger partial charge in [-0.1, -0.05) is 36.4 Å². The molecule has 0 unspecified atom stereocenters. The Hall–Kier alpha value is -3.64. The highest BCUT2D eigenvalue weighted by Crippen LogP contribution is 2.51. The fourth-order valence-corrected chi connectivity index (χ4v) is 5.41. The highest BCUT2D eigenvalue weighted by molar-refractivity contribution is 5.96. The maximum Gasteiger partial charge on any atom is 0.256 e. The number of nitrogens with zero attached hydrogens (tertiary/aromatic N) is 1. The summed E-state index contributed by atoms with van der Waals surface area (Å²) in [6, 6.07) is 19.8. The molecule has 1 aliphatic carbocycles. The Kier molecular flexibility index (Phi) is 5.60. The zero-order valence-corrected chi connectivity index (χ0v) is 21.5. The Bertz CT molecular complexity index is 1390. The minimum Gasteiger partial charge on any atom is -0.454 e. The summed E-state index contributed by atoms with van der Waals surface area (Å²) in [4.78, 5) is 28.3. The van der Waals surface area contributed by atoms with Crippen LogP contribution >= 0.6 is 0 Å². The van der Waals surface area contributed by atoms with Crippen molar-refractivity contribution < 1.29 is 23.8 Å². The number of benzene rings is 3. The lowest BCUT2D eigenvalue weighted by atomic mass is 9.87. The van der Waals surface area contributed by atoms with Crippen LogP contribution in [-0.4, -0.2) is 42.3 Å². The third kappa shape index (κ3) is 4.19. The van der Waals surface area contributed by atoms with Gasteiger partial charge in [0.25, 0.3) is 5.91 Å². The van der Waals surface area contributed by atoms with Crippen LogP contribution in [0.3, 0.4) is 0 Å². The largest absolute Gasteiger partial charge is 0.454 e. The van der Waals surface area contributed by atoms with Gasteiger partial charge in [-0.3, -0.25) is 9.59 Å². The van der Waals surface area contributed by atoms with E-state index in [1.807, 2.05) is 62.4 Å². The molecule has 37 heavy (non-hydrogen) atoms. The normalized spacial score (nSPS) is 18.6. The smallest absolute Gasteiger partial charge is 0.256 e. The maximum atomic E-state index is 13.5. The Morgan fingerprint density at radius 2 is 1.68 bits per heavy atom. The van der Waals surface area contributed by atoms with E-state index in [2.05, 4.69) is 19.1 Å². The van der Waals surface area contributed by atoms with Gasteiger partial charge in [0.05, 0.1) is 17.6 Å². The van der Waals surface area contributed by atoms with Gasteiger partial charge in [0.1, 0.15) is 12.5 Å². The lowest BCUT2D eigenvalue weighted by Crippen LogP contribution is -2.44. The summed E-state index contributed by atoms with van der Waals surface area (Å²) in [5, 5.41) is 0. The van der Waals surface area contributed by atoms with E-state index in [1.165, 1.54) is 0 Å². The molecule has 3 aromatic rings. The predicted octanol–water partition coefficient (Wildman–Crippen LogP) is 5.44. The standard InChI is InChI=1S/C31H31NO5/c1-20-4-5-21(15-28(33)31(12-13-31)24-10-11-26-27(16-24)37-19-36-26)14-25(20)22-6-8-23(9-7-22)29(34)32-18-35-17-30(32,2)3/h4-11,14,16H,12-13,15,17-19H2,1-3H3. The average molecular weight is 498 g/mol. The number of aryl methyl sites for hydroxylation is 1. The molecular formula is C31H31NO5. The fraction of sp³-hybridized carbons (Fsp3) is 0.355. The van der Waals surface area contributed by atoms with Crippen molar-refractivity contribution in [3.63, 3.8) is 0 Å². The van der Waals surface area contributed by atoms with Gasteiger partial charge < -0.3 is 19.1 Å². The second-order valence-electron chi connectivity index (χ2n) is 11.0. The van der Waals surface area contributed by atoms with Crippen molar-refractivity contribution in [1.29, 1.82) is 0 Å². The first kappa shape index (κ1) is 23.7. The van der Waals surface area contributed by atoms with Crippen LogP contribution in [0.15, 0.2) is 60.7 Å². The van der Waals surface area contributed by atoms with E-state index < -0.39 is 5.41 Å². The van der Waals surface area contributed by atoms with Crippen LogP contribution in [-0.2, 0) is 21.4 Å². The predicted molar refractivity (Wildman–Crippen MR) is 140 cm³/mol. The van der Waals surface area contributed by atoms with E-state index in [1.54, 1.807) is 4.90 Å². The van der Waals surface area contributed by atoms with Gasteiger partial charge in [-0.05, 0) is 85.7 Å². The number of amides is 1. The van der Waals surface area contributed by atoms with Crippen molar-refractivity contribution in [3.05, 3.63) is 82.9 Å². The molecule has 190 valence electrons. The first-order valence-corrected chi connectivity index (χ1v) is 12.8. The molecule has 2 aliphatic heterocycles. The van der Waals surface area contributed by atoms with Gasteiger partial charge in [-0.25, -0.2) is 0 Å². The highest BCUT2D eigenvalue weighted by Gasteiger charge is 2.50. The maximum absolute atomic E-state index is 13.5. The first-order valence-electron chi connectivity index (χ1n) is 12.8. The van der Waals surface area contributed by atoms with E-state index >= 15 is 0 Å². The average Bonchev–Trinajstić information content (AvgIpc) is 3.44. The summed E-state index contributed by atoms with van der Waals surface area (Å²) in [5.41, 5.74) is 5.13. The van der Waals surface area contributed by atoms with Crippen molar-refractivity contribution >= 4 is 11.7 Å². The van der Waals surface area contributed by atoms with Gasteiger partial charge in [-0.2, -0.15) is 0 Å². The Morgan fingerprint density at radius 1 is 0.919 bits per heavy atom. The molecule has 2 fully saturated rings. The van der Waals surface area contributed by atoms with Gasteiger partial charge in [0.2, 0.25) is 6.79 Å². The molecule has 1 saturated heterocycles. The third-order valence-electron chi connectivity index (χ3n) is 7.97. The van der Waals surface area contributed by atoms with Gasteiger partial charge in [-0.15, -0.1) is 0 Å². The molecule has 6 rings (SSSR count). The van der Waals surface area contributed by atoms with Crippen molar-refractivity contribution in [3.8, 4) is 22.6 Å². The molecule has 6 heteroatoms. The number of ether oxygens (including phenoxy) is 3. The number of fused-ring (bicyclic) bond motifs is 1. The van der Waals surface area contributed by atoms with Gasteiger partial charge in [0, 0.05) is 12.0 Å². The zero-order valence-electron chi connectivity index (χ0n) is 21.5. The molecule has 3 aliphatic rings. The number of Topliss-reactive ketones (excluding diaryl/α,β-unsaturated/α-hetero) is 1. The molecule has 0 aromatic heterocycles. The number of carbonyl (C=O) groups excluding carboxylic acids is 2. The number of hydrogen-bond acceptors (Lipinski definition) is 5. The van der Waals surface area contributed by atoms with Gasteiger partial charge >= 0.3 is 0 Å². The van der Waals surface area contributed by atoms with E-state index in [9.17, 15) is 9.59 Å². The molecule has 0 bridgehead atoms. The van der Waals surface area contributed by atoms with Crippen LogP contribution in [0.4, 0.5) is 0 Å². The van der Waals surface area contributed by atoms with Gasteiger partial charge in [0.15, 0.2) is 11.5 Å². The van der Waals surface area contributed by atoms with Crippen LogP contribution in [0, 0.1) is 6.92 Å². The topological polar surface area (TPSA) is 65.1 Å². The second kappa shape index (κ2) is 8.73. The highest BCUT2D eigenvalue weighted by atomic mass is 16.7. The zero-order chi connectivity index (χ0) is 25.8. The number of hydrogen-bond donors (Lipinski definition) is 0. The minimum absolute atomic E-state index is 0.0247. The van der Waals surface area contributed by atoms with Crippen LogP contribution in [0.1, 0.15) is 53.7 Å². The van der Waals surface area contributed by atoms with Crippen LogP contribution in [0.2, 0.25) is 0 Å². The summed E-state index contributed by atoms with van der Waals surface area (Å²) >= 11 is 0. The lowest BCUT2D eigenvalue weighted by Gasteiger charge is -2.29. The fourth-order valence-electron chi connectivity index (χ4n) is 5.41. The Balaban J connectivity index is 1.21. The number of carbonyl (C=O) groups is 2. The van der Waals surface area contributed by atoms with Crippen molar-refractivity contribution in [2.24, 2.45) is 0 Å². The summed E-state index contributed by atoms with van der Waals surface area (Å²) in [6.07, 6.45) is 2.10. The summed E-state index contributed by atoms with van der Waals surface area (Å²) in [6.45, 7) is 7.18. The third-order valence-corrected chi connectivity index (χ3v) is 7.97. The van der Waals surface area contributed by atoms with Crippen LogP contribution in [0.25, 0.3) is 11.1 Å². The molecule has 0 spiro atoms. The molecule has 0 radical (unpaired) electrons. The Morgan fingerprint density at radius 3 is 2.38 bits per heavy atom. The van der Waals surface area contributed by atoms with Crippen molar-refractivity contribution in [2.75, 3.05) is 20.1 Å². The molecule has 2 heterocycles. The van der Waals surface area contributed by atoms with Crippen LogP contribution in [0.5, 0.6) is 11.5 Å². The van der Waals surface area contributed by atoms with E-state index in [0.29, 0.717) is 25.3 Å². The summed E-state index contributed by atoms with van der Waals surface area (Å²) < 4.78 is 16.5. The lowest BCUT2D eigenvalue weighted by molar-refractivity contribution is -0.120. The number of rotatable bonds is 6. The van der Waals surface area contributed by atoms with E-state index in [4.69, 9.17) is 14.2 Å². The molecule has 6 nitrogen and oxygen atoms in total. The van der Waals surface area contributed by atoms with Crippen LogP contribution < -0.4 is 9.47 Å². The Labute approximate surface area is 217 Å². The minimum atomic E-state index is -0.429. The summed E-state index contributed by atoms with van der Waals surface area (Å²) in [5.74, 6) is 1.67. The van der Waals surface area contributed by atoms with E-state index in [0.717, 1.165) is 52.2 Å². The summed E-state index contributed by atoms with van der Waals surface area (Å²) in [7, 11) is 0. The van der Waals surface area contributed by atoms with E-state index in [-0.39, 0.29) is 24.0 Å². The monoisotopic (exact) mass is 497 g/mol. The SMILES string of the molecule is Cc1ccc(CC(=O)C2(c3ccc4c(c3)OCO4)CC2)cc1-c1ccc(C(=O)N2COCC2(C)C)cc1. The molecule has 1 amide bonds.